The number of hydrogen-bond acceptors (Lipinski definition) is 4. The SMILES string of the molecule is CNCc1cccc(-n2cnc(C#N)n2)c1. The van der Waals surface area contributed by atoms with Gasteiger partial charge in [0.2, 0.25) is 0 Å². The largest absolute Gasteiger partial charge is 0.316 e. The monoisotopic (exact) mass is 213 g/mol. The van der Waals surface area contributed by atoms with E-state index in [0.29, 0.717) is 0 Å². The molecule has 0 aliphatic carbocycles. The van der Waals surface area contributed by atoms with Crippen molar-refractivity contribution in [3.05, 3.63) is 42.0 Å². The van der Waals surface area contributed by atoms with Gasteiger partial charge in [-0.25, -0.2) is 9.67 Å². The lowest BCUT2D eigenvalue weighted by Gasteiger charge is -2.03. The molecule has 2 aromatic rings. The molecule has 0 aliphatic heterocycles. The molecule has 0 fully saturated rings. The van der Waals surface area contributed by atoms with E-state index in [9.17, 15) is 0 Å². The number of nitriles is 1. The zero-order chi connectivity index (χ0) is 11.4. The van der Waals surface area contributed by atoms with Gasteiger partial charge >= 0.3 is 0 Å². The normalized spacial score (nSPS) is 10.0. The lowest BCUT2D eigenvalue weighted by Crippen LogP contribution is -2.05. The molecule has 0 spiro atoms. The lowest BCUT2D eigenvalue weighted by atomic mass is 10.2. The maximum atomic E-state index is 8.64. The molecule has 0 saturated carbocycles. The topological polar surface area (TPSA) is 66.5 Å². The Morgan fingerprint density at radius 1 is 1.50 bits per heavy atom. The Labute approximate surface area is 93.4 Å². The Bertz CT molecular complexity index is 523. The third kappa shape index (κ3) is 2.07. The van der Waals surface area contributed by atoms with E-state index in [4.69, 9.17) is 5.26 Å². The van der Waals surface area contributed by atoms with Crippen LogP contribution in [0.25, 0.3) is 5.69 Å². The molecule has 5 heteroatoms. The molecule has 0 radical (unpaired) electrons. The van der Waals surface area contributed by atoms with Crippen LogP contribution >= 0.6 is 0 Å². The highest BCUT2D eigenvalue weighted by Crippen LogP contribution is 2.09. The molecule has 5 nitrogen and oxygen atoms in total. The highest BCUT2D eigenvalue weighted by atomic mass is 15.3. The molecule has 1 heterocycles. The molecule has 1 aromatic carbocycles. The summed E-state index contributed by atoms with van der Waals surface area (Å²) in [4.78, 5) is 3.86. The first kappa shape index (κ1) is 10.3. The van der Waals surface area contributed by atoms with Gasteiger partial charge in [-0.1, -0.05) is 12.1 Å². The minimum Gasteiger partial charge on any atom is -0.316 e. The van der Waals surface area contributed by atoms with Gasteiger partial charge in [0.15, 0.2) is 0 Å². The van der Waals surface area contributed by atoms with E-state index in [1.54, 1.807) is 4.68 Å². The molecule has 0 unspecified atom stereocenters. The molecule has 0 aliphatic rings. The van der Waals surface area contributed by atoms with Crippen LogP contribution in [0.1, 0.15) is 11.4 Å². The van der Waals surface area contributed by atoms with Gasteiger partial charge in [0.25, 0.3) is 5.82 Å². The second-order valence-electron chi connectivity index (χ2n) is 3.32. The molecule has 0 atom stereocenters. The number of hydrogen-bond donors (Lipinski definition) is 1. The number of aromatic nitrogens is 3. The first-order chi connectivity index (χ1) is 7.83. The zero-order valence-corrected chi connectivity index (χ0v) is 8.88. The van der Waals surface area contributed by atoms with E-state index < -0.39 is 0 Å². The van der Waals surface area contributed by atoms with Crippen molar-refractivity contribution in [3.8, 4) is 11.8 Å². The number of rotatable bonds is 3. The predicted molar refractivity (Wildman–Crippen MR) is 58.8 cm³/mol. The van der Waals surface area contributed by atoms with Crippen molar-refractivity contribution < 1.29 is 0 Å². The Hall–Kier alpha value is -2.19. The smallest absolute Gasteiger partial charge is 0.252 e. The van der Waals surface area contributed by atoms with Crippen molar-refractivity contribution in [2.75, 3.05) is 7.05 Å². The highest BCUT2D eigenvalue weighted by molar-refractivity contribution is 5.35. The first-order valence-corrected chi connectivity index (χ1v) is 4.89. The van der Waals surface area contributed by atoms with E-state index in [0.717, 1.165) is 17.8 Å². The summed E-state index contributed by atoms with van der Waals surface area (Å²) >= 11 is 0. The van der Waals surface area contributed by atoms with Crippen molar-refractivity contribution in [1.29, 1.82) is 5.26 Å². The van der Waals surface area contributed by atoms with Crippen LogP contribution in [0.15, 0.2) is 30.6 Å². The van der Waals surface area contributed by atoms with Gasteiger partial charge in [0, 0.05) is 6.54 Å². The van der Waals surface area contributed by atoms with Crippen LogP contribution in [0.4, 0.5) is 0 Å². The second-order valence-corrected chi connectivity index (χ2v) is 3.32. The molecular formula is C11H11N5. The van der Waals surface area contributed by atoms with Crippen LogP contribution in [-0.4, -0.2) is 21.8 Å². The van der Waals surface area contributed by atoms with Gasteiger partial charge in [-0.3, -0.25) is 0 Å². The lowest BCUT2D eigenvalue weighted by molar-refractivity contribution is 0.810. The molecule has 0 amide bonds. The summed E-state index contributed by atoms with van der Waals surface area (Å²) in [6, 6.07) is 9.82. The van der Waals surface area contributed by atoms with Crippen LogP contribution in [0.2, 0.25) is 0 Å². The summed E-state index contributed by atoms with van der Waals surface area (Å²) in [5.41, 5.74) is 2.07. The number of nitrogens with zero attached hydrogens (tertiary/aromatic N) is 4. The molecular weight excluding hydrogens is 202 g/mol. The minimum absolute atomic E-state index is 0.180. The fraction of sp³-hybridized carbons (Fsp3) is 0.182. The Morgan fingerprint density at radius 2 is 2.38 bits per heavy atom. The summed E-state index contributed by atoms with van der Waals surface area (Å²) in [6.07, 6.45) is 1.54. The third-order valence-corrected chi connectivity index (χ3v) is 2.15. The van der Waals surface area contributed by atoms with E-state index in [1.165, 1.54) is 6.33 Å². The molecule has 1 N–H and O–H groups in total. The molecule has 1 aromatic heterocycles. The van der Waals surface area contributed by atoms with Gasteiger partial charge < -0.3 is 5.32 Å². The zero-order valence-electron chi connectivity index (χ0n) is 8.88. The van der Waals surface area contributed by atoms with Gasteiger partial charge in [-0.15, -0.1) is 5.10 Å². The molecule has 0 saturated heterocycles. The molecule has 80 valence electrons. The molecule has 16 heavy (non-hydrogen) atoms. The van der Waals surface area contributed by atoms with E-state index in [2.05, 4.69) is 15.4 Å². The van der Waals surface area contributed by atoms with Crippen molar-refractivity contribution in [3.63, 3.8) is 0 Å². The maximum Gasteiger partial charge on any atom is 0.252 e. The number of nitrogens with one attached hydrogen (secondary N) is 1. The summed E-state index contributed by atoms with van der Waals surface area (Å²) in [5.74, 6) is 0.180. The van der Waals surface area contributed by atoms with Crippen molar-refractivity contribution >= 4 is 0 Å². The minimum atomic E-state index is 0.180. The van der Waals surface area contributed by atoms with Crippen LogP contribution in [-0.2, 0) is 6.54 Å². The van der Waals surface area contributed by atoms with E-state index >= 15 is 0 Å². The first-order valence-electron chi connectivity index (χ1n) is 4.89. The van der Waals surface area contributed by atoms with Crippen molar-refractivity contribution in [2.45, 2.75) is 6.54 Å². The Kier molecular flexibility index (Phi) is 2.94. The quantitative estimate of drug-likeness (QED) is 0.821. The van der Waals surface area contributed by atoms with E-state index in [-0.39, 0.29) is 5.82 Å². The molecule has 0 bridgehead atoms. The Balaban J connectivity index is 2.33. The fourth-order valence-corrected chi connectivity index (χ4v) is 1.45. The summed E-state index contributed by atoms with van der Waals surface area (Å²) < 4.78 is 1.59. The standard InChI is InChI=1S/C11H11N5/c1-13-7-9-3-2-4-10(5-9)16-8-14-11(6-12)15-16/h2-5,8,13H,7H2,1H3. The van der Waals surface area contributed by atoms with Crippen molar-refractivity contribution in [1.82, 2.24) is 20.1 Å². The molecule has 2 rings (SSSR count). The average Bonchev–Trinajstić information content (AvgIpc) is 2.78. The fourth-order valence-electron chi connectivity index (χ4n) is 1.45. The Morgan fingerprint density at radius 3 is 3.06 bits per heavy atom. The summed E-state index contributed by atoms with van der Waals surface area (Å²) in [7, 11) is 1.90. The second kappa shape index (κ2) is 4.55. The van der Waals surface area contributed by atoms with Crippen LogP contribution in [0.5, 0.6) is 0 Å². The van der Waals surface area contributed by atoms with Crippen LogP contribution in [0.3, 0.4) is 0 Å². The number of benzene rings is 1. The van der Waals surface area contributed by atoms with Crippen LogP contribution < -0.4 is 5.32 Å². The summed E-state index contributed by atoms with van der Waals surface area (Å²) in [6.45, 7) is 0.799. The van der Waals surface area contributed by atoms with Gasteiger partial charge in [-0.2, -0.15) is 5.26 Å². The third-order valence-electron chi connectivity index (χ3n) is 2.15. The van der Waals surface area contributed by atoms with E-state index in [1.807, 2.05) is 37.4 Å². The van der Waals surface area contributed by atoms with Gasteiger partial charge in [-0.05, 0) is 24.7 Å². The summed E-state index contributed by atoms with van der Waals surface area (Å²) in [5, 5.41) is 15.7. The van der Waals surface area contributed by atoms with Gasteiger partial charge in [0.05, 0.1) is 5.69 Å². The highest BCUT2D eigenvalue weighted by Gasteiger charge is 2.02. The van der Waals surface area contributed by atoms with Gasteiger partial charge in [0.1, 0.15) is 12.4 Å². The average molecular weight is 213 g/mol. The van der Waals surface area contributed by atoms with Crippen LogP contribution in [0, 0.1) is 11.3 Å². The predicted octanol–water partition coefficient (Wildman–Crippen LogP) is 0.858. The van der Waals surface area contributed by atoms with Crippen molar-refractivity contribution in [2.24, 2.45) is 0 Å². The maximum absolute atomic E-state index is 8.64.